The zero-order chi connectivity index (χ0) is 10.3. The van der Waals surface area contributed by atoms with Crippen LogP contribution < -0.4 is 0 Å². The lowest BCUT2D eigenvalue weighted by Crippen LogP contribution is -2.14. The Hall–Kier alpha value is -0.330. The Morgan fingerprint density at radius 3 is 2.62 bits per heavy atom. The van der Waals surface area contributed by atoms with E-state index in [0.29, 0.717) is 0 Å². The summed E-state index contributed by atoms with van der Waals surface area (Å²) in [4.78, 5) is 20.4. The van der Waals surface area contributed by atoms with E-state index in [1.807, 2.05) is 0 Å². The van der Waals surface area contributed by atoms with Gasteiger partial charge in [-0.1, -0.05) is 0 Å². The van der Waals surface area contributed by atoms with E-state index < -0.39 is 16.8 Å². The van der Waals surface area contributed by atoms with Crippen LogP contribution in [0.1, 0.15) is 0 Å². The molecule has 8 heteroatoms. The molecule has 0 saturated carbocycles. The summed E-state index contributed by atoms with van der Waals surface area (Å²) in [5.74, 6) is 0.126. The lowest BCUT2D eigenvalue weighted by Gasteiger charge is -2.05. The second-order valence-electron chi connectivity index (χ2n) is 1.75. The molecular formula is C5H6Cl2O5S. The van der Waals surface area contributed by atoms with Crippen LogP contribution in [0.25, 0.3) is 0 Å². The molecule has 0 bridgehead atoms. The van der Waals surface area contributed by atoms with Crippen molar-refractivity contribution in [3.05, 3.63) is 0 Å². The van der Waals surface area contributed by atoms with Crippen LogP contribution in [0.2, 0.25) is 0 Å². The average Bonchev–Trinajstić information content (AvgIpc) is 2.10. The summed E-state index contributed by atoms with van der Waals surface area (Å²) in [6, 6.07) is 0. The SMILES string of the molecule is O=C(OCC(Cl)CCl)OSC(=O)O. The van der Waals surface area contributed by atoms with Gasteiger partial charge in [-0.05, 0) is 0 Å². The van der Waals surface area contributed by atoms with Gasteiger partial charge in [0.15, 0.2) is 12.0 Å². The van der Waals surface area contributed by atoms with Gasteiger partial charge in [0.1, 0.15) is 6.61 Å². The third kappa shape index (κ3) is 8.01. The van der Waals surface area contributed by atoms with Crippen LogP contribution in [0, 0.1) is 0 Å². The predicted octanol–water partition coefficient (Wildman–Crippen LogP) is 2.31. The lowest BCUT2D eigenvalue weighted by atomic mass is 10.5. The summed E-state index contributed by atoms with van der Waals surface area (Å²) in [6.07, 6.45) is -1.11. The van der Waals surface area contributed by atoms with Crippen LogP contribution in [0.3, 0.4) is 0 Å². The molecule has 5 nitrogen and oxygen atoms in total. The van der Waals surface area contributed by atoms with Crippen LogP contribution in [-0.2, 0) is 8.92 Å². The molecule has 1 unspecified atom stereocenters. The molecule has 0 heterocycles. The first-order valence-corrected chi connectivity index (χ1v) is 4.71. The topological polar surface area (TPSA) is 72.8 Å². The average molecular weight is 249 g/mol. The highest BCUT2D eigenvalue weighted by molar-refractivity contribution is 8.09. The Morgan fingerprint density at radius 2 is 2.15 bits per heavy atom. The second-order valence-corrected chi connectivity index (χ2v) is 3.35. The Kier molecular flexibility index (Phi) is 6.93. The van der Waals surface area contributed by atoms with Crippen molar-refractivity contribution in [2.45, 2.75) is 5.38 Å². The van der Waals surface area contributed by atoms with Crippen LogP contribution in [-0.4, -0.2) is 34.4 Å². The fourth-order valence-electron chi connectivity index (χ4n) is 0.297. The van der Waals surface area contributed by atoms with Gasteiger partial charge in [0.05, 0.1) is 5.38 Å². The van der Waals surface area contributed by atoms with E-state index >= 15 is 0 Å². The summed E-state index contributed by atoms with van der Waals surface area (Å²) in [6.45, 7) is -0.121. The predicted molar refractivity (Wildman–Crippen MR) is 48.4 cm³/mol. The summed E-state index contributed by atoms with van der Waals surface area (Å²) >= 11 is 10.7. The van der Waals surface area contributed by atoms with E-state index in [0.717, 1.165) is 0 Å². The minimum Gasteiger partial charge on any atom is -0.471 e. The van der Waals surface area contributed by atoms with Crippen LogP contribution >= 0.6 is 35.2 Å². The van der Waals surface area contributed by atoms with Crippen molar-refractivity contribution in [1.82, 2.24) is 0 Å². The number of halogens is 2. The molecule has 0 rings (SSSR count). The van der Waals surface area contributed by atoms with E-state index in [1.54, 1.807) is 0 Å². The van der Waals surface area contributed by atoms with E-state index in [2.05, 4.69) is 8.92 Å². The maximum atomic E-state index is 10.5. The van der Waals surface area contributed by atoms with Crippen molar-refractivity contribution in [2.24, 2.45) is 0 Å². The Labute approximate surface area is 88.5 Å². The number of alkyl halides is 2. The minimum atomic E-state index is -1.34. The molecule has 1 atom stereocenters. The van der Waals surface area contributed by atoms with Crippen LogP contribution in [0.4, 0.5) is 9.59 Å². The van der Waals surface area contributed by atoms with E-state index in [1.165, 1.54) is 0 Å². The molecule has 0 aromatic rings. The summed E-state index contributed by atoms with van der Waals surface area (Å²) in [5.41, 5.74) is 0. The molecule has 0 aliphatic heterocycles. The first-order chi connectivity index (χ1) is 6.06. The number of hydrogen-bond donors (Lipinski definition) is 1. The zero-order valence-electron chi connectivity index (χ0n) is 6.24. The van der Waals surface area contributed by atoms with Gasteiger partial charge in [0.25, 0.3) is 0 Å². The van der Waals surface area contributed by atoms with Gasteiger partial charge < -0.3 is 14.0 Å². The van der Waals surface area contributed by atoms with Gasteiger partial charge in [-0.15, -0.1) is 23.2 Å². The molecule has 0 amide bonds. The fraction of sp³-hybridized carbons (Fsp3) is 0.600. The first kappa shape index (κ1) is 12.7. The van der Waals surface area contributed by atoms with Gasteiger partial charge in [-0.3, -0.25) is 0 Å². The molecule has 0 aliphatic rings. The van der Waals surface area contributed by atoms with Crippen molar-refractivity contribution in [3.63, 3.8) is 0 Å². The summed E-state index contributed by atoms with van der Waals surface area (Å²) in [7, 11) is 0. The normalized spacial score (nSPS) is 11.8. The zero-order valence-corrected chi connectivity index (χ0v) is 8.56. The molecule has 1 N–H and O–H groups in total. The standard InChI is InChI=1S/C5H6Cl2O5S/c6-1-3(7)2-11-5(10)12-13-4(8)9/h3H,1-2H2,(H,8,9). The number of carbonyl (C=O) groups is 2. The minimum absolute atomic E-state index is 0.0353. The van der Waals surface area contributed by atoms with Crippen molar-refractivity contribution >= 4 is 46.7 Å². The third-order valence-electron chi connectivity index (χ3n) is 0.730. The van der Waals surface area contributed by atoms with Gasteiger partial charge in [-0.2, -0.15) is 0 Å². The van der Waals surface area contributed by atoms with Crippen LogP contribution in [0.15, 0.2) is 0 Å². The van der Waals surface area contributed by atoms with Crippen molar-refractivity contribution in [2.75, 3.05) is 12.5 Å². The van der Waals surface area contributed by atoms with E-state index in [4.69, 9.17) is 28.3 Å². The van der Waals surface area contributed by atoms with Crippen molar-refractivity contribution in [1.29, 1.82) is 0 Å². The van der Waals surface area contributed by atoms with Gasteiger partial charge in [-0.25, -0.2) is 9.59 Å². The first-order valence-electron chi connectivity index (χ1n) is 3.00. The monoisotopic (exact) mass is 248 g/mol. The van der Waals surface area contributed by atoms with E-state index in [9.17, 15) is 9.59 Å². The highest BCUT2D eigenvalue weighted by Gasteiger charge is 2.11. The summed E-state index contributed by atoms with van der Waals surface area (Å²) < 4.78 is 8.44. The molecule has 0 aromatic heterocycles. The molecule has 0 radical (unpaired) electrons. The van der Waals surface area contributed by atoms with E-state index in [-0.39, 0.29) is 24.5 Å². The molecule has 0 fully saturated rings. The Balaban J connectivity index is 3.46. The molecule has 0 saturated heterocycles. The highest BCUT2D eigenvalue weighted by atomic mass is 35.5. The van der Waals surface area contributed by atoms with Crippen molar-refractivity contribution in [3.8, 4) is 0 Å². The third-order valence-corrected chi connectivity index (χ3v) is 1.90. The van der Waals surface area contributed by atoms with Gasteiger partial charge in [0.2, 0.25) is 0 Å². The maximum absolute atomic E-state index is 10.5. The lowest BCUT2D eigenvalue weighted by molar-refractivity contribution is 0.107. The molecule has 76 valence electrons. The highest BCUT2D eigenvalue weighted by Crippen LogP contribution is 2.06. The van der Waals surface area contributed by atoms with Gasteiger partial charge in [0, 0.05) is 5.88 Å². The number of ether oxygens (including phenoxy) is 1. The Bertz CT molecular complexity index is 188. The number of hydrogen-bond acceptors (Lipinski definition) is 5. The van der Waals surface area contributed by atoms with Crippen molar-refractivity contribution < 1.29 is 23.6 Å². The number of carboxylic acid groups (broad SMARTS) is 1. The molecule has 0 aromatic carbocycles. The second kappa shape index (κ2) is 7.11. The van der Waals surface area contributed by atoms with Gasteiger partial charge >= 0.3 is 11.5 Å². The van der Waals surface area contributed by atoms with Crippen LogP contribution in [0.5, 0.6) is 0 Å². The molecular weight excluding hydrogens is 243 g/mol. The summed E-state index contributed by atoms with van der Waals surface area (Å²) in [5, 5.41) is 6.22. The largest absolute Gasteiger partial charge is 0.521 e. The molecule has 13 heavy (non-hydrogen) atoms. The number of carbonyl (C=O) groups excluding carboxylic acids is 1. The smallest absolute Gasteiger partial charge is 0.471 e. The fourth-order valence-corrected chi connectivity index (χ4v) is 0.636. The number of rotatable bonds is 3. The molecule has 0 aliphatic carbocycles. The Morgan fingerprint density at radius 1 is 1.54 bits per heavy atom. The quantitative estimate of drug-likeness (QED) is 0.470. The molecule has 0 spiro atoms. The maximum Gasteiger partial charge on any atom is 0.521 e.